The SMILES string of the molecule is CCCC(C)C[C@](C)(CC(=O)O)NC(=O)O[C@H](C)OC(C)=O. The molecule has 0 aromatic carbocycles. The fourth-order valence-corrected chi connectivity index (χ4v) is 2.55. The predicted molar refractivity (Wildman–Crippen MR) is 80.2 cm³/mol. The molecule has 128 valence electrons. The van der Waals surface area contributed by atoms with E-state index in [1.807, 2.05) is 13.8 Å². The molecule has 0 aromatic rings. The molecule has 0 rings (SSSR count). The van der Waals surface area contributed by atoms with Crippen molar-refractivity contribution in [3.05, 3.63) is 0 Å². The molecule has 7 nitrogen and oxygen atoms in total. The first-order chi connectivity index (χ1) is 10.1. The van der Waals surface area contributed by atoms with E-state index in [2.05, 4.69) is 5.32 Å². The van der Waals surface area contributed by atoms with Crippen molar-refractivity contribution in [3.8, 4) is 0 Å². The molecule has 1 amide bonds. The van der Waals surface area contributed by atoms with Gasteiger partial charge < -0.3 is 19.9 Å². The molecule has 0 bridgehead atoms. The Hall–Kier alpha value is -1.79. The Kier molecular flexibility index (Phi) is 8.52. The molecule has 2 N–H and O–H groups in total. The van der Waals surface area contributed by atoms with Gasteiger partial charge in [0.05, 0.1) is 12.0 Å². The predicted octanol–water partition coefficient (Wildman–Crippen LogP) is 2.68. The Bertz CT molecular complexity index is 397. The first kappa shape index (κ1) is 20.2. The standard InChI is InChI=1S/C15H27NO6/c1-6-7-10(2)8-15(5,9-13(18)19)16-14(20)22-12(4)21-11(3)17/h10,12H,6-9H2,1-5H3,(H,16,20)(H,18,19)/t10?,12-,15-/m1/s1. The van der Waals surface area contributed by atoms with Crippen molar-refractivity contribution < 1.29 is 29.0 Å². The number of carbonyl (C=O) groups excluding carboxylic acids is 2. The largest absolute Gasteiger partial charge is 0.481 e. The van der Waals surface area contributed by atoms with E-state index in [0.29, 0.717) is 6.42 Å². The van der Waals surface area contributed by atoms with Crippen LogP contribution < -0.4 is 5.32 Å². The molecule has 0 aromatic heterocycles. The van der Waals surface area contributed by atoms with Gasteiger partial charge in [0.25, 0.3) is 0 Å². The van der Waals surface area contributed by atoms with Gasteiger partial charge in [0.2, 0.25) is 6.29 Å². The fraction of sp³-hybridized carbons (Fsp3) is 0.800. The van der Waals surface area contributed by atoms with Crippen molar-refractivity contribution in [2.75, 3.05) is 0 Å². The summed E-state index contributed by atoms with van der Waals surface area (Å²) in [6, 6.07) is 0. The summed E-state index contributed by atoms with van der Waals surface area (Å²) in [4.78, 5) is 33.7. The van der Waals surface area contributed by atoms with Crippen LogP contribution in [-0.2, 0) is 19.1 Å². The molecular weight excluding hydrogens is 290 g/mol. The molecule has 0 aliphatic rings. The lowest BCUT2D eigenvalue weighted by Gasteiger charge is -2.32. The Morgan fingerprint density at radius 3 is 2.27 bits per heavy atom. The topological polar surface area (TPSA) is 102 Å². The normalized spacial score (nSPS) is 16.0. The van der Waals surface area contributed by atoms with Gasteiger partial charge in [0, 0.05) is 13.8 Å². The second kappa shape index (κ2) is 9.27. The lowest BCUT2D eigenvalue weighted by molar-refractivity contribution is -0.162. The number of rotatable bonds is 9. The number of aliphatic carboxylic acids is 1. The van der Waals surface area contributed by atoms with Gasteiger partial charge in [-0.1, -0.05) is 26.7 Å². The van der Waals surface area contributed by atoms with Gasteiger partial charge in [0.15, 0.2) is 0 Å². The molecule has 3 atom stereocenters. The van der Waals surface area contributed by atoms with Crippen LogP contribution >= 0.6 is 0 Å². The van der Waals surface area contributed by atoms with Crippen LogP contribution in [0.25, 0.3) is 0 Å². The third kappa shape index (κ3) is 9.20. The highest BCUT2D eigenvalue weighted by atomic mass is 16.7. The number of esters is 1. The molecule has 0 aliphatic carbocycles. The van der Waals surface area contributed by atoms with Crippen LogP contribution in [0.1, 0.15) is 60.3 Å². The van der Waals surface area contributed by atoms with Crippen LogP contribution in [0.4, 0.5) is 4.79 Å². The lowest BCUT2D eigenvalue weighted by Crippen LogP contribution is -2.49. The van der Waals surface area contributed by atoms with Crippen LogP contribution in [0, 0.1) is 5.92 Å². The Labute approximate surface area is 131 Å². The molecule has 0 radical (unpaired) electrons. The average molecular weight is 317 g/mol. The minimum Gasteiger partial charge on any atom is -0.481 e. The first-order valence-electron chi connectivity index (χ1n) is 7.45. The van der Waals surface area contributed by atoms with Crippen molar-refractivity contribution in [2.24, 2.45) is 5.92 Å². The van der Waals surface area contributed by atoms with E-state index in [1.54, 1.807) is 6.92 Å². The van der Waals surface area contributed by atoms with Crippen molar-refractivity contribution in [2.45, 2.75) is 72.1 Å². The number of carboxylic acid groups (broad SMARTS) is 1. The summed E-state index contributed by atoms with van der Waals surface area (Å²) in [7, 11) is 0. The van der Waals surface area contributed by atoms with Crippen LogP contribution in [-0.4, -0.2) is 35.0 Å². The molecule has 0 saturated heterocycles. The summed E-state index contributed by atoms with van der Waals surface area (Å²) in [6.45, 7) is 8.35. The van der Waals surface area contributed by atoms with E-state index < -0.39 is 29.9 Å². The maximum absolute atomic E-state index is 11.9. The summed E-state index contributed by atoms with van der Waals surface area (Å²) in [5.74, 6) is -1.30. The number of carboxylic acids is 1. The van der Waals surface area contributed by atoms with Gasteiger partial charge in [-0.25, -0.2) is 4.79 Å². The molecule has 7 heteroatoms. The van der Waals surface area contributed by atoms with Crippen LogP contribution in [0.2, 0.25) is 0 Å². The average Bonchev–Trinajstić information content (AvgIpc) is 2.24. The zero-order valence-electron chi connectivity index (χ0n) is 14.0. The summed E-state index contributed by atoms with van der Waals surface area (Å²) >= 11 is 0. The third-order valence-electron chi connectivity index (χ3n) is 3.13. The number of hydrogen-bond donors (Lipinski definition) is 2. The summed E-state index contributed by atoms with van der Waals surface area (Å²) in [6.07, 6.45) is 0.400. The number of alkyl carbamates (subject to hydrolysis) is 1. The second-order valence-corrected chi connectivity index (χ2v) is 5.94. The highest BCUT2D eigenvalue weighted by molar-refractivity contribution is 5.73. The summed E-state index contributed by atoms with van der Waals surface area (Å²) < 4.78 is 9.59. The summed E-state index contributed by atoms with van der Waals surface area (Å²) in [5, 5.41) is 11.6. The van der Waals surface area contributed by atoms with E-state index >= 15 is 0 Å². The quantitative estimate of drug-likeness (QED) is 0.501. The van der Waals surface area contributed by atoms with Crippen molar-refractivity contribution in [1.82, 2.24) is 5.32 Å². The number of amides is 1. The van der Waals surface area contributed by atoms with Gasteiger partial charge in [-0.05, 0) is 19.3 Å². The van der Waals surface area contributed by atoms with Gasteiger partial charge in [-0.3, -0.25) is 9.59 Å². The molecule has 0 spiro atoms. The molecule has 0 heterocycles. The van der Waals surface area contributed by atoms with Crippen molar-refractivity contribution >= 4 is 18.0 Å². The van der Waals surface area contributed by atoms with Crippen LogP contribution in [0.3, 0.4) is 0 Å². The van der Waals surface area contributed by atoms with E-state index in [0.717, 1.165) is 12.8 Å². The molecule has 0 fully saturated rings. The number of ether oxygens (including phenoxy) is 2. The monoisotopic (exact) mass is 317 g/mol. The van der Waals surface area contributed by atoms with Crippen LogP contribution in [0.5, 0.6) is 0 Å². The first-order valence-corrected chi connectivity index (χ1v) is 7.45. The third-order valence-corrected chi connectivity index (χ3v) is 3.13. The zero-order chi connectivity index (χ0) is 17.3. The maximum Gasteiger partial charge on any atom is 0.410 e. The molecule has 0 saturated carbocycles. The van der Waals surface area contributed by atoms with E-state index in [-0.39, 0.29) is 12.3 Å². The Balaban J connectivity index is 4.71. The number of carbonyl (C=O) groups is 3. The Morgan fingerprint density at radius 2 is 1.82 bits per heavy atom. The highest BCUT2D eigenvalue weighted by Gasteiger charge is 2.32. The van der Waals surface area contributed by atoms with E-state index in [4.69, 9.17) is 14.6 Å². The van der Waals surface area contributed by atoms with E-state index in [1.165, 1.54) is 13.8 Å². The smallest absolute Gasteiger partial charge is 0.410 e. The minimum atomic E-state index is -1.03. The molecule has 0 aliphatic heterocycles. The van der Waals surface area contributed by atoms with Gasteiger partial charge in [-0.2, -0.15) is 0 Å². The van der Waals surface area contributed by atoms with Gasteiger partial charge in [0.1, 0.15) is 0 Å². The molecule has 22 heavy (non-hydrogen) atoms. The minimum absolute atomic E-state index is 0.210. The lowest BCUT2D eigenvalue weighted by atomic mass is 9.85. The van der Waals surface area contributed by atoms with E-state index in [9.17, 15) is 14.4 Å². The van der Waals surface area contributed by atoms with Crippen molar-refractivity contribution in [3.63, 3.8) is 0 Å². The number of nitrogens with one attached hydrogen (secondary N) is 1. The fourth-order valence-electron chi connectivity index (χ4n) is 2.55. The van der Waals surface area contributed by atoms with Crippen molar-refractivity contribution in [1.29, 1.82) is 0 Å². The van der Waals surface area contributed by atoms with Gasteiger partial charge in [-0.15, -0.1) is 0 Å². The van der Waals surface area contributed by atoms with Crippen LogP contribution in [0.15, 0.2) is 0 Å². The Morgan fingerprint density at radius 1 is 1.23 bits per heavy atom. The second-order valence-electron chi connectivity index (χ2n) is 5.94. The summed E-state index contributed by atoms with van der Waals surface area (Å²) in [5.41, 5.74) is -0.923. The maximum atomic E-state index is 11.9. The number of hydrogen-bond acceptors (Lipinski definition) is 5. The molecule has 1 unspecified atom stereocenters. The van der Waals surface area contributed by atoms with Gasteiger partial charge >= 0.3 is 18.0 Å². The highest BCUT2D eigenvalue weighted by Crippen LogP contribution is 2.24. The molecular formula is C15H27NO6. The zero-order valence-corrected chi connectivity index (χ0v) is 14.0.